The lowest BCUT2D eigenvalue weighted by atomic mass is 10.1. The van der Waals surface area contributed by atoms with Crippen LogP contribution in [0.15, 0.2) is 54.6 Å². The van der Waals surface area contributed by atoms with Crippen molar-refractivity contribution in [1.29, 1.82) is 0 Å². The highest BCUT2D eigenvalue weighted by molar-refractivity contribution is 5.92. The maximum absolute atomic E-state index is 11.7. The van der Waals surface area contributed by atoms with Gasteiger partial charge >= 0.3 is 0 Å². The molecule has 0 saturated heterocycles. The van der Waals surface area contributed by atoms with Crippen molar-refractivity contribution in [3.63, 3.8) is 0 Å². The molecule has 1 aromatic heterocycles. The minimum Gasteiger partial charge on any atom is -0.494 e. The summed E-state index contributed by atoms with van der Waals surface area (Å²) in [6.07, 6.45) is 2.65. The summed E-state index contributed by atoms with van der Waals surface area (Å²) < 4.78 is 8.17. The van der Waals surface area contributed by atoms with Crippen LogP contribution in [0.1, 0.15) is 36.7 Å². The van der Waals surface area contributed by atoms with E-state index in [0.717, 1.165) is 42.0 Å². The Balaban J connectivity index is 1.56. The van der Waals surface area contributed by atoms with Crippen molar-refractivity contribution in [2.45, 2.75) is 46.6 Å². The number of nitrogens with zero attached hydrogens (tertiary/aromatic N) is 2. The third-order valence-corrected chi connectivity index (χ3v) is 5.28. The molecule has 158 valence electrons. The van der Waals surface area contributed by atoms with E-state index in [1.54, 1.807) is 6.92 Å². The van der Waals surface area contributed by atoms with Crippen LogP contribution in [0, 0.1) is 13.8 Å². The lowest BCUT2D eigenvalue weighted by Crippen LogP contribution is -2.26. The summed E-state index contributed by atoms with van der Waals surface area (Å²) in [5.41, 5.74) is 5.17. The van der Waals surface area contributed by atoms with E-state index in [1.165, 1.54) is 11.1 Å². The van der Waals surface area contributed by atoms with Crippen molar-refractivity contribution >= 4 is 16.9 Å². The summed E-state index contributed by atoms with van der Waals surface area (Å²) in [6.45, 7) is 11.7. The molecular weight excluding hydrogens is 374 g/mol. The number of amides is 1. The summed E-state index contributed by atoms with van der Waals surface area (Å²) in [6, 6.07) is 14.4. The van der Waals surface area contributed by atoms with E-state index in [4.69, 9.17) is 9.72 Å². The molecule has 0 aliphatic heterocycles. The van der Waals surface area contributed by atoms with Gasteiger partial charge in [-0.05, 0) is 69.0 Å². The van der Waals surface area contributed by atoms with E-state index < -0.39 is 0 Å². The number of carbonyl (C=O) groups is 1. The average Bonchev–Trinajstić information content (AvgIpc) is 3.07. The van der Waals surface area contributed by atoms with Crippen molar-refractivity contribution in [1.82, 2.24) is 14.9 Å². The van der Waals surface area contributed by atoms with Gasteiger partial charge in [0.05, 0.1) is 17.6 Å². The fourth-order valence-corrected chi connectivity index (χ4v) is 3.37. The molecule has 0 saturated carbocycles. The number of carbonyl (C=O) groups excluding carboxylic acids is 1. The van der Waals surface area contributed by atoms with E-state index in [0.29, 0.717) is 25.1 Å². The number of aromatic nitrogens is 2. The Morgan fingerprint density at radius 3 is 2.70 bits per heavy atom. The van der Waals surface area contributed by atoms with E-state index >= 15 is 0 Å². The quantitative estimate of drug-likeness (QED) is 0.391. The van der Waals surface area contributed by atoms with E-state index in [2.05, 4.69) is 48.5 Å². The Labute approximate surface area is 178 Å². The van der Waals surface area contributed by atoms with Crippen LogP contribution in [0.5, 0.6) is 5.75 Å². The molecule has 0 fully saturated rings. The number of rotatable bonds is 10. The van der Waals surface area contributed by atoms with Crippen LogP contribution in [0.2, 0.25) is 0 Å². The second-order valence-corrected chi connectivity index (χ2v) is 7.76. The average molecular weight is 406 g/mol. The predicted molar refractivity (Wildman–Crippen MR) is 122 cm³/mol. The molecule has 30 heavy (non-hydrogen) atoms. The first kappa shape index (κ1) is 21.6. The molecule has 1 amide bonds. The van der Waals surface area contributed by atoms with Gasteiger partial charge in [-0.25, -0.2) is 4.98 Å². The van der Waals surface area contributed by atoms with Crippen molar-refractivity contribution < 1.29 is 9.53 Å². The Bertz CT molecular complexity index is 1040. The van der Waals surface area contributed by atoms with Crippen LogP contribution in [0.25, 0.3) is 11.0 Å². The smallest absolute Gasteiger partial charge is 0.246 e. The van der Waals surface area contributed by atoms with Gasteiger partial charge in [0.15, 0.2) is 0 Å². The molecular formula is C25H31N3O2. The molecule has 0 spiro atoms. The molecule has 0 unspecified atom stereocenters. The number of fused-ring (bicyclic) bond motifs is 1. The van der Waals surface area contributed by atoms with Crippen LogP contribution in [0.4, 0.5) is 0 Å². The zero-order valence-electron chi connectivity index (χ0n) is 18.2. The number of unbranched alkanes of at least 4 members (excludes halogenated alkanes) is 1. The summed E-state index contributed by atoms with van der Waals surface area (Å²) in [4.78, 5) is 16.5. The Morgan fingerprint density at radius 2 is 1.93 bits per heavy atom. The molecule has 3 aromatic rings. The zero-order valence-corrected chi connectivity index (χ0v) is 18.2. The lowest BCUT2D eigenvalue weighted by Gasteiger charge is -2.11. The van der Waals surface area contributed by atoms with Gasteiger partial charge in [0.2, 0.25) is 5.91 Å². The molecule has 0 aliphatic carbocycles. The molecule has 1 N–H and O–H groups in total. The molecule has 0 atom stereocenters. The Kier molecular flexibility index (Phi) is 7.28. The minimum atomic E-state index is -0.110. The normalized spacial score (nSPS) is 10.9. The highest BCUT2D eigenvalue weighted by Gasteiger charge is 2.11. The van der Waals surface area contributed by atoms with Gasteiger partial charge in [0, 0.05) is 25.1 Å². The summed E-state index contributed by atoms with van der Waals surface area (Å²) in [5, 5.41) is 2.89. The van der Waals surface area contributed by atoms with Crippen LogP contribution in [0.3, 0.4) is 0 Å². The zero-order chi connectivity index (χ0) is 21.5. The second-order valence-electron chi connectivity index (χ2n) is 7.76. The predicted octanol–water partition coefficient (Wildman–Crippen LogP) is 4.75. The summed E-state index contributed by atoms with van der Waals surface area (Å²) in [7, 11) is 0. The van der Waals surface area contributed by atoms with Gasteiger partial charge < -0.3 is 14.6 Å². The molecule has 3 rings (SSSR count). The molecule has 5 nitrogen and oxygen atoms in total. The third kappa shape index (κ3) is 5.50. The monoisotopic (exact) mass is 405 g/mol. The second kappa shape index (κ2) is 10.1. The van der Waals surface area contributed by atoms with E-state index in [1.807, 2.05) is 24.3 Å². The molecule has 0 aliphatic rings. The third-order valence-electron chi connectivity index (χ3n) is 5.28. The number of imidazole rings is 1. The maximum Gasteiger partial charge on any atom is 0.246 e. The lowest BCUT2D eigenvalue weighted by molar-refractivity contribution is -0.117. The number of aryl methyl sites for hydroxylation is 3. The number of hydrogen-bond acceptors (Lipinski definition) is 3. The topological polar surface area (TPSA) is 56.2 Å². The van der Waals surface area contributed by atoms with E-state index in [-0.39, 0.29) is 5.91 Å². The van der Waals surface area contributed by atoms with Crippen LogP contribution in [-0.2, 0) is 17.8 Å². The van der Waals surface area contributed by atoms with Gasteiger partial charge in [-0.15, -0.1) is 0 Å². The molecule has 0 radical (unpaired) electrons. The van der Waals surface area contributed by atoms with Crippen molar-refractivity contribution in [3.05, 3.63) is 71.6 Å². The van der Waals surface area contributed by atoms with Gasteiger partial charge in [-0.3, -0.25) is 4.79 Å². The van der Waals surface area contributed by atoms with Crippen molar-refractivity contribution in [2.75, 3.05) is 13.2 Å². The van der Waals surface area contributed by atoms with Gasteiger partial charge in [0.25, 0.3) is 0 Å². The number of hydrogen-bond donors (Lipinski definition) is 1. The standard InChI is InChI=1S/C25H31N3O2/c1-18(2)25(29)26-14-13-24-27-22-9-5-6-10-23(22)28(24)15-7-8-16-30-21-12-11-19(3)20(4)17-21/h5-6,9-12,17H,1,7-8,13-16H2,2-4H3,(H,26,29). The van der Waals surface area contributed by atoms with Crippen molar-refractivity contribution in [3.8, 4) is 5.75 Å². The van der Waals surface area contributed by atoms with E-state index in [9.17, 15) is 4.79 Å². The Morgan fingerprint density at radius 1 is 1.13 bits per heavy atom. The van der Waals surface area contributed by atoms with Gasteiger partial charge in [-0.1, -0.05) is 24.8 Å². The number of benzene rings is 2. The van der Waals surface area contributed by atoms with Crippen LogP contribution in [-0.4, -0.2) is 28.6 Å². The number of ether oxygens (including phenoxy) is 1. The molecule has 5 heteroatoms. The first-order valence-electron chi connectivity index (χ1n) is 10.5. The summed E-state index contributed by atoms with van der Waals surface area (Å²) in [5.74, 6) is 1.81. The summed E-state index contributed by atoms with van der Waals surface area (Å²) >= 11 is 0. The molecule has 1 heterocycles. The largest absolute Gasteiger partial charge is 0.494 e. The molecule has 2 aromatic carbocycles. The molecule has 0 bridgehead atoms. The first-order chi connectivity index (χ1) is 14.5. The van der Waals surface area contributed by atoms with Gasteiger partial charge in [0.1, 0.15) is 11.6 Å². The van der Waals surface area contributed by atoms with Gasteiger partial charge in [-0.2, -0.15) is 0 Å². The number of para-hydroxylation sites is 2. The highest BCUT2D eigenvalue weighted by Crippen LogP contribution is 2.19. The van der Waals surface area contributed by atoms with Crippen LogP contribution < -0.4 is 10.1 Å². The first-order valence-corrected chi connectivity index (χ1v) is 10.5. The SMILES string of the molecule is C=C(C)C(=O)NCCc1nc2ccccc2n1CCCCOc1ccc(C)c(C)c1. The minimum absolute atomic E-state index is 0.110. The van der Waals surface area contributed by atoms with Crippen LogP contribution >= 0.6 is 0 Å². The Hall–Kier alpha value is -3.08. The highest BCUT2D eigenvalue weighted by atomic mass is 16.5. The number of nitrogens with one attached hydrogen (secondary N) is 1. The fourth-order valence-electron chi connectivity index (χ4n) is 3.37. The fraction of sp³-hybridized carbons (Fsp3) is 0.360. The van der Waals surface area contributed by atoms with Crippen molar-refractivity contribution in [2.24, 2.45) is 0 Å². The maximum atomic E-state index is 11.7.